The summed E-state index contributed by atoms with van der Waals surface area (Å²) in [5, 5.41) is 20.9. The molecule has 2 N–H and O–H groups in total. The third kappa shape index (κ3) is 4.63. The van der Waals surface area contributed by atoms with Gasteiger partial charge < -0.3 is 15.0 Å². The van der Waals surface area contributed by atoms with Gasteiger partial charge in [0, 0.05) is 19.0 Å². The largest absolute Gasteiger partial charge is 0.392 e. The number of nitrogens with zero attached hydrogens (tertiary/aromatic N) is 3. The molecule has 1 heterocycles. The molecule has 1 aliphatic rings. The highest BCUT2D eigenvalue weighted by molar-refractivity contribution is 5.76. The van der Waals surface area contributed by atoms with Crippen molar-refractivity contribution < 1.29 is 9.90 Å². The van der Waals surface area contributed by atoms with Crippen molar-refractivity contribution in [2.45, 2.75) is 44.2 Å². The zero-order valence-corrected chi connectivity index (χ0v) is 13.1. The van der Waals surface area contributed by atoms with E-state index in [2.05, 4.69) is 15.5 Å². The van der Waals surface area contributed by atoms with Crippen LogP contribution in [0.25, 0.3) is 0 Å². The van der Waals surface area contributed by atoms with Gasteiger partial charge in [0.05, 0.1) is 12.5 Å². The summed E-state index contributed by atoms with van der Waals surface area (Å²) in [6, 6.07) is 9.69. The van der Waals surface area contributed by atoms with Crippen LogP contribution >= 0.6 is 0 Å². The van der Waals surface area contributed by atoms with Crippen LogP contribution in [0.5, 0.6) is 0 Å². The Labute approximate surface area is 135 Å². The van der Waals surface area contributed by atoms with E-state index in [1.165, 1.54) is 12.8 Å². The van der Waals surface area contributed by atoms with E-state index in [9.17, 15) is 9.90 Å². The van der Waals surface area contributed by atoms with E-state index in [1.54, 1.807) is 6.33 Å². The number of hydrogen-bond acceptors (Lipinski definition) is 4. The molecule has 6 heteroatoms. The summed E-state index contributed by atoms with van der Waals surface area (Å²) >= 11 is 0. The van der Waals surface area contributed by atoms with Gasteiger partial charge in [0.2, 0.25) is 5.91 Å². The SMILES string of the molecule is O=C(CC(O)Cc1ccccc1)NCCn1cnnc1C1CC1. The number of rotatable bonds is 8. The van der Waals surface area contributed by atoms with E-state index in [-0.39, 0.29) is 12.3 Å². The second-order valence-corrected chi connectivity index (χ2v) is 6.05. The number of carbonyl (C=O) groups is 1. The summed E-state index contributed by atoms with van der Waals surface area (Å²) in [6.07, 6.45) is 4.02. The van der Waals surface area contributed by atoms with Crippen molar-refractivity contribution >= 4 is 5.91 Å². The molecule has 1 aliphatic carbocycles. The molecular formula is C17H22N4O2. The van der Waals surface area contributed by atoms with Gasteiger partial charge in [0.25, 0.3) is 0 Å². The van der Waals surface area contributed by atoms with Crippen molar-refractivity contribution in [3.63, 3.8) is 0 Å². The molecule has 1 saturated carbocycles. The number of aliphatic hydroxyl groups is 1. The number of nitrogens with one attached hydrogen (secondary N) is 1. The Morgan fingerprint density at radius 2 is 2.13 bits per heavy atom. The first-order valence-electron chi connectivity index (χ1n) is 8.09. The number of aliphatic hydroxyl groups excluding tert-OH is 1. The van der Waals surface area contributed by atoms with E-state index in [4.69, 9.17) is 0 Å². The monoisotopic (exact) mass is 314 g/mol. The zero-order valence-electron chi connectivity index (χ0n) is 13.1. The molecule has 0 bridgehead atoms. The first-order valence-corrected chi connectivity index (χ1v) is 8.09. The molecule has 1 amide bonds. The molecule has 1 aromatic heterocycles. The van der Waals surface area contributed by atoms with E-state index < -0.39 is 6.10 Å². The Bertz CT molecular complexity index is 637. The molecule has 0 radical (unpaired) electrons. The maximum absolute atomic E-state index is 11.9. The lowest BCUT2D eigenvalue weighted by Crippen LogP contribution is -2.31. The third-order valence-corrected chi connectivity index (χ3v) is 4.00. The van der Waals surface area contributed by atoms with Crippen LogP contribution in [0.2, 0.25) is 0 Å². The van der Waals surface area contributed by atoms with Crippen molar-refractivity contribution in [3.05, 3.63) is 48.0 Å². The molecule has 1 aromatic carbocycles. The predicted octanol–water partition coefficient (Wildman–Crippen LogP) is 1.27. The first kappa shape index (κ1) is 15.7. The van der Waals surface area contributed by atoms with Gasteiger partial charge >= 0.3 is 0 Å². The lowest BCUT2D eigenvalue weighted by atomic mass is 10.1. The van der Waals surface area contributed by atoms with Crippen LogP contribution in [0, 0.1) is 0 Å². The van der Waals surface area contributed by atoms with Crippen LogP contribution in [0.3, 0.4) is 0 Å². The summed E-state index contributed by atoms with van der Waals surface area (Å²) in [6.45, 7) is 1.19. The number of aromatic nitrogens is 3. The molecule has 0 spiro atoms. The van der Waals surface area contributed by atoms with Gasteiger partial charge in [-0.15, -0.1) is 10.2 Å². The number of hydrogen-bond donors (Lipinski definition) is 2. The Morgan fingerprint density at radius 3 is 2.87 bits per heavy atom. The highest BCUT2D eigenvalue weighted by Gasteiger charge is 2.28. The maximum Gasteiger partial charge on any atom is 0.222 e. The number of amides is 1. The second kappa shape index (κ2) is 7.37. The molecule has 23 heavy (non-hydrogen) atoms. The van der Waals surface area contributed by atoms with Crippen molar-refractivity contribution in [1.29, 1.82) is 0 Å². The average Bonchev–Trinajstić information content (AvgIpc) is 3.27. The van der Waals surface area contributed by atoms with E-state index in [1.807, 2.05) is 34.9 Å². The van der Waals surface area contributed by atoms with Gasteiger partial charge in [-0.1, -0.05) is 30.3 Å². The molecule has 3 rings (SSSR count). The van der Waals surface area contributed by atoms with Crippen LogP contribution in [-0.4, -0.2) is 38.4 Å². The highest BCUT2D eigenvalue weighted by atomic mass is 16.3. The molecule has 1 unspecified atom stereocenters. The quantitative estimate of drug-likeness (QED) is 0.769. The summed E-state index contributed by atoms with van der Waals surface area (Å²) in [7, 11) is 0. The Hall–Kier alpha value is -2.21. The minimum Gasteiger partial charge on any atom is -0.392 e. The lowest BCUT2D eigenvalue weighted by Gasteiger charge is -2.11. The van der Waals surface area contributed by atoms with Crippen LogP contribution in [0.4, 0.5) is 0 Å². The van der Waals surface area contributed by atoms with Crippen molar-refractivity contribution in [1.82, 2.24) is 20.1 Å². The fraction of sp³-hybridized carbons (Fsp3) is 0.471. The summed E-state index contributed by atoms with van der Waals surface area (Å²) in [4.78, 5) is 11.9. The summed E-state index contributed by atoms with van der Waals surface area (Å²) in [5.41, 5.74) is 1.03. The van der Waals surface area contributed by atoms with Gasteiger partial charge in [-0.25, -0.2) is 0 Å². The second-order valence-electron chi connectivity index (χ2n) is 6.05. The molecule has 1 atom stereocenters. The Morgan fingerprint density at radius 1 is 1.35 bits per heavy atom. The van der Waals surface area contributed by atoms with Gasteiger partial charge in [-0.2, -0.15) is 0 Å². The van der Waals surface area contributed by atoms with E-state index in [0.29, 0.717) is 25.4 Å². The van der Waals surface area contributed by atoms with Crippen LogP contribution in [0.15, 0.2) is 36.7 Å². The molecule has 1 fully saturated rings. The number of carbonyl (C=O) groups excluding carboxylic acids is 1. The van der Waals surface area contributed by atoms with E-state index >= 15 is 0 Å². The smallest absolute Gasteiger partial charge is 0.222 e. The fourth-order valence-electron chi connectivity index (χ4n) is 2.65. The minimum atomic E-state index is -0.658. The standard InChI is InChI=1S/C17H22N4O2/c22-15(10-13-4-2-1-3-5-13)11-16(23)18-8-9-21-12-19-20-17(21)14-6-7-14/h1-5,12,14-15,22H,6-11H2,(H,18,23). The molecule has 0 aliphatic heterocycles. The van der Waals surface area contributed by atoms with E-state index in [0.717, 1.165) is 11.4 Å². The molecule has 6 nitrogen and oxygen atoms in total. The zero-order chi connectivity index (χ0) is 16.1. The van der Waals surface area contributed by atoms with Gasteiger partial charge in [-0.05, 0) is 24.8 Å². The topological polar surface area (TPSA) is 80.0 Å². The van der Waals surface area contributed by atoms with Crippen molar-refractivity contribution in [2.24, 2.45) is 0 Å². The summed E-state index contributed by atoms with van der Waals surface area (Å²) < 4.78 is 2.00. The van der Waals surface area contributed by atoms with Crippen molar-refractivity contribution in [2.75, 3.05) is 6.54 Å². The Kier molecular flexibility index (Phi) is 5.02. The lowest BCUT2D eigenvalue weighted by molar-refractivity contribution is -0.122. The minimum absolute atomic E-state index is 0.118. The van der Waals surface area contributed by atoms with Crippen LogP contribution < -0.4 is 5.32 Å². The number of benzene rings is 1. The maximum atomic E-state index is 11.9. The third-order valence-electron chi connectivity index (χ3n) is 4.00. The van der Waals surface area contributed by atoms with Gasteiger partial charge in [-0.3, -0.25) is 4.79 Å². The normalized spacial score (nSPS) is 15.3. The molecule has 122 valence electrons. The predicted molar refractivity (Wildman–Crippen MR) is 85.8 cm³/mol. The highest BCUT2D eigenvalue weighted by Crippen LogP contribution is 2.38. The van der Waals surface area contributed by atoms with Crippen LogP contribution in [0.1, 0.15) is 36.6 Å². The van der Waals surface area contributed by atoms with Crippen LogP contribution in [-0.2, 0) is 17.8 Å². The Balaban J connectivity index is 1.38. The van der Waals surface area contributed by atoms with Crippen molar-refractivity contribution in [3.8, 4) is 0 Å². The van der Waals surface area contributed by atoms with Gasteiger partial charge in [0.1, 0.15) is 12.2 Å². The molecule has 0 saturated heterocycles. The first-order chi connectivity index (χ1) is 11.2. The summed E-state index contributed by atoms with van der Waals surface area (Å²) in [5.74, 6) is 1.43. The molecule has 2 aromatic rings. The van der Waals surface area contributed by atoms with Gasteiger partial charge in [0.15, 0.2) is 0 Å². The molecular weight excluding hydrogens is 292 g/mol. The average molecular weight is 314 g/mol. The fourth-order valence-corrected chi connectivity index (χ4v) is 2.65.